The van der Waals surface area contributed by atoms with Crippen molar-refractivity contribution in [2.45, 2.75) is 18.9 Å². The molecule has 0 radical (unpaired) electrons. The number of nitro benzene ring substituents is 1. The van der Waals surface area contributed by atoms with Crippen molar-refractivity contribution >= 4 is 23.2 Å². The molecule has 2 N–H and O–H groups in total. The molecule has 8 nitrogen and oxygen atoms in total. The summed E-state index contributed by atoms with van der Waals surface area (Å²) < 4.78 is 5.47. The highest BCUT2D eigenvalue weighted by Gasteiger charge is 2.17. The molecule has 0 aromatic heterocycles. The fourth-order valence-corrected chi connectivity index (χ4v) is 2.82. The number of benzene rings is 2. The maximum absolute atomic E-state index is 12.3. The molecular weight excluding hydrogens is 350 g/mol. The molecule has 1 atom stereocenters. The Morgan fingerprint density at radius 3 is 2.56 bits per heavy atom. The van der Waals surface area contributed by atoms with Gasteiger partial charge in [-0.15, -0.1) is 0 Å². The lowest BCUT2D eigenvalue weighted by atomic mass is 10.1. The minimum atomic E-state index is -0.560. The first-order chi connectivity index (χ1) is 13.0. The van der Waals surface area contributed by atoms with Crippen molar-refractivity contribution in [3.63, 3.8) is 0 Å². The number of rotatable bonds is 6. The monoisotopic (exact) mass is 369 g/mol. The summed E-state index contributed by atoms with van der Waals surface area (Å²) in [5, 5.41) is 16.3. The molecule has 2 aromatic rings. The highest BCUT2D eigenvalue weighted by atomic mass is 16.6. The number of nitrogens with zero attached hydrogens (tertiary/aromatic N) is 1. The van der Waals surface area contributed by atoms with E-state index in [1.54, 1.807) is 24.3 Å². The minimum Gasteiger partial charge on any atom is -0.376 e. The topological polar surface area (TPSA) is 111 Å². The second-order valence-corrected chi connectivity index (χ2v) is 6.19. The van der Waals surface area contributed by atoms with Crippen LogP contribution in [-0.2, 0) is 4.74 Å². The van der Waals surface area contributed by atoms with Crippen LogP contribution in [0.3, 0.4) is 0 Å². The maximum Gasteiger partial charge on any atom is 0.270 e. The zero-order valence-electron chi connectivity index (χ0n) is 14.5. The number of non-ortho nitro benzene ring substituents is 1. The Labute approximate surface area is 155 Å². The molecule has 27 heavy (non-hydrogen) atoms. The largest absolute Gasteiger partial charge is 0.376 e. The summed E-state index contributed by atoms with van der Waals surface area (Å²) in [5.74, 6) is -0.743. The summed E-state index contributed by atoms with van der Waals surface area (Å²) in [6, 6.07) is 12.0. The second-order valence-electron chi connectivity index (χ2n) is 6.19. The van der Waals surface area contributed by atoms with E-state index in [0.717, 1.165) is 19.4 Å². The minimum absolute atomic E-state index is 0.0470. The van der Waals surface area contributed by atoms with E-state index in [4.69, 9.17) is 4.74 Å². The maximum atomic E-state index is 12.3. The average molecular weight is 369 g/mol. The lowest BCUT2D eigenvalue weighted by Gasteiger charge is -2.11. The Morgan fingerprint density at radius 2 is 1.85 bits per heavy atom. The molecule has 1 saturated heterocycles. The predicted octanol–water partition coefficient (Wildman–Crippen LogP) is 2.76. The molecule has 0 unspecified atom stereocenters. The third-order valence-corrected chi connectivity index (χ3v) is 4.22. The van der Waals surface area contributed by atoms with Crippen LogP contribution in [0, 0.1) is 10.1 Å². The number of ether oxygens (including phenoxy) is 1. The smallest absolute Gasteiger partial charge is 0.270 e. The van der Waals surface area contributed by atoms with E-state index in [0.29, 0.717) is 17.8 Å². The third-order valence-electron chi connectivity index (χ3n) is 4.22. The molecule has 1 fully saturated rings. The van der Waals surface area contributed by atoms with Gasteiger partial charge >= 0.3 is 0 Å². The molecular formula is C19H19N3O5. The number of anilines is 1. The number of hydrogen-bond donors (Lipinski definition) is 2. The number of carbonyl (C=O) groups is 2. The standard InChI is InChI=1S/C19H19N3O5/c23-18(20-12-17-8-3-9-27-17)13-4-1-6-15(10-13)21-19(24)14-5-2-7-16(11-14)22(25)26/h1-2,4-7,10-11,17H,3,8-9,12H2,(H,20,23)(H,21,24)/t17-/m0/s1. The van der Waals surface area contributed by atoms with Crippen molar-refractivity contribution in [2.24, 2.45) is 0 Å². The van der Waals surface area contributed by atoms with Crippen molar-refractivity contribution in [3.8, 4) is 0 Å². The molecule has 1 aliphatic rings. The Bertz CT molecular complexity index is 862. The molecule has 0 spiro atoms. The van der Waals surface area contributed by atoms with Crippen LogP contribution in [0.5, 0.6) is 0 Å². The van der Waals surface area contributed by atoms with E-state index in [2.05, 4.69) is 10.6 Å². The first kappa shape index (κ1) is 18.5. The molecule has 2 amide bonds. The highest BCUT2D eigenvalue weighted by Crippen LogP contribution is 2.16. The normalized spacial score (nSPS) is 15.9. The molecule has 0 aliphatic carbocycles. The average Bonchev–Trinajstić information content (AvgIpc) is 3.20. The lowest BCUT2D eigenvalue weighted by Crippen LogP contribution is -2.31. The van der Waals surface area contributed by atoms with Gasteiger partial charge in [-0.2, -0.15) is 0 Å². The van der Waals surface area contributed by atoms with Crippen LogP contribution in [0.4, 0.5) is 11.4 Å². The van der Waals surface area contributed by atoms with Crippen molar-refractivity contribution in [1.29, 1.82) is 0 Å². The van der Waals surface area contributed by atoms with Gasteiger partial charge in [-0.05, 0) is 37.1 Å². The van der Waals surface area contributed by atoms with Crippen molar-refractivity contribution in [3.05, 3.63) is 69.8 Å². The van der Waals surface area contributed by atoms with Gasteiger partial charge in [-0.3, -0.25) is 19.7 Å². The lowest BCUT2D eigenvalue weighted by molar-refractivity contribution is -0.384. The Morgan fingerprint density at radius 1 is 1.11 bits per heavy atom. The molecule has 8 heteroatoms. The highest BCUT2D eigenvalue weighted by molar-refractivity contribution is 6.05. The van der Waals surface area contributed by atoms with Crippen LogP contribution in [-0.4, -0.2) is 36.0 Å². The zero-order chi connectivity index (χ0) is 19.2. The molecule has 3 rings (SSSR count). The van der Waals surface area contributed by atoms with Gasteiger partial charge in [0.25, 0.3) is 17.5 Å². The summed E-state index contributed by atoms with van der Waals surface area (Å²) in [6.07, 6.45) is 1.98. The van der Waals surface area contributed by atoms with E-state index in [9.17, 15) is 19.7 Å². The Hall–Kier alpha value is -3.26. The van der Waals surface area contributed by atoms with Gasteiger partial charge in [0, 0.05) is 42.1 Å². The van der Waals surface area contributed by atoms with Crippen LogP contribution in [0.2, 0.25) is 0 Å². The summed E-state index contributed by atoms with van der Waals surface area (Å²) >= 11 is 0. The van der Waals surface area contributed by atoms with Gasteiger partial charge in [-0.25, -0.2) is 0 Å². The quantitative estimate of drug-likeness (QED) is 0.601. The van der Waals surface area contributed by atoms with Gasteiger partial charge in [0.05, 0.1) is 11.0 Å². The SMILES string of the molecule is O=C(NC[C@@H]1CCCO1)c1cccc(NC(=O)c2cccc([N+](=O)[O-])c2)c1. The second kappa shape index (κ2) is 8.41. The molecule has 0 saturated carbocycles. The van der Waals surface area contributed by atoms with E-state index >= 15 is 0 Å². The number of amides is 2. The summed E-state index contributed by atoms with van der Waals surface area (Å²) in [5.41, 5.74) is 0.837. The van der Waals surface area contributed by atoms with Crippen molar-refractivity contribution in [1.82, 2.24) is 5.32 Å². The van der Waals surface area contributed by atoms with Gasteiger partial charge in [0.2, 0.25) is 0 Å². The van der Waals surface area contributed by atoms with Gasteiger partial charge in [0.15, 0.2) is 0 Å². The number of nitro groups is 1. The summed E-state index contributed by atoms with van der Waals surface area (Å²) in [6.45, 7) is 1.17. The van der Waals surface area contributed by atoms with Gasteiger partial charge < -0.3 is 15.4 Å². The van der Waals surface area contributed by atoms with Crippen LogP contribution in [0.1, 0.15) is 33.6 Å². The first-order valence-corrected chi connectivity index (χ1v) is 8.58. The number of nitrogens with one attached hydrogen (secondary N) is 2. The van der Waals surface area contributed by atoms with Crippen LogP contribution in [0.25, 0.3) is 0 Å². The van der Waals surface area contributed by atoms with E-state index in [1.165, 1.54) is 24.3 Å². The van der Waals surface area contributed by atoms with Crippen molar-refractivity contribution < 1.29 is 19.2 Å². The summed E-state index contributed by atoms with van der Waals surface area (Å²) in [4.78, 5) is 34.9. The number of carbonyl (C=O) groups excluding carboxylic acids is 2. The third kappa shape index (κ3) is 4.89. The fraction of sp³-hybridized carbons (Fsp3) is 0.263. The molecule has 1 heterocycles. The molecule has 1 aliphatic heterocycles. The van der Waals surface area contributed by atoms with Gasteiger partial charge in [-0.1, -0.05) is 12.1 Å². The predicted molar refractivity (Wildman–Crippen MR) is 98.8 cm³/mol. The Kier molecular flexibility index (Phi) is 5.77. The first-order valence-electron chi connectivity index (χ1n) is 8.58. The summed E-state index contributed by atoms with van der Waals surface area (Å²) in [7, 11) is 0. The van der Waals surface area contributed by atoms with Crippen LogP contribution in [0.15, 0.2) is 48.5 Å². The van der Waals surface area contributed by atoms with Crippen molar-refractivity contribution in [2.75, 3.05) is 18.5 Å². The molecule has 140 valence electrons. The van der Waals surface area contributed by atoms with Crippen LogP contribution < -0.4 is 10.6 Å². The molecule has 0 bridgehead atoms. The van der Waals surface area contributed by atoms with E-state index in [-0.39, 0.29) is 23.3 Å². The zero-order valence-corrected chi connectivity index (χ0v) is 14.5. The van der Waals surface area contributed by atoms with Crippen LogP contribution >= 0.6 is 0 Å². The molecule has 2 aromatic carbocycles. The fourth-order valence-electron chi connectivity index (χ4n) is 2.82. The Balaban J connectivity index is 1.64. The van der Waals surface area contributed by atoms with E-state index in [1.807, 2.05) is 0 Å². The van der Waals surface area contributed by atoms with Gasteiger partial charge in [0.1, 0.15) is 0 Å². The van der Waals surface area contributed by atoms with E-state index < -0.39 is 10.8 Å². The number of hydrogen-bond acceptors (Lipinski definition) is 5.